The predicted octanol–water partition coefficient (Wildman–Crippen LogP) is 1.68. The maximum absolute atomic E-state index is 12.9. The highest BCUT2D eigenvalue weighted by molar-refractivity contribution is 7.89. The van der Waals surface area contributed by atoms with Crippen molar-refractivity contribution in [3.05, 3.63) is 53.6 Å². The van der Waals surface area contributed by atoms with Gasteiger partial charge in [0.15, 0.2) is 23.9 Å². The molecule has 2 aromatic carbocycles. The van der Waals surface area contributed by atoms with Crippen molar-refractivity contribution in [1.82, 2.24) is 9.21 Å². The van der Waals surface area contributed by atoms with Crippen LogP contribution in [0.25, 0.3) is 0 Å². The average Bonchev–Trinajstić information content (AvgIpc) is 2.82. The van der Waals surface area contributed by atoms with Gasteiger partial charge < -0.3 is 14.4 Å². The molecule has 1 heterocycles. The largest absolute Gasteiger partial charge is 0.493 e. The van der Waals surface area contributed by atoms with Crippen molar-refractivity contribution in [3.8, 4) is 17.6 Å². The van der Waals surface area contributed by atoms with Crippen LogP contribution in [-0.2, 0) is 14.8 Å². The van der Waals surface area contributed by atoms with E-state index in [1.54, 1.807) is 30.3 Å². The van der Waals surface area contributed by atoms with Crippen molar-refractivity contribution in [1.29, 1.82) is 5.26 Å². The minimum absolute atomic E-state index is 0.0355. The molecule has 9 nitrogen and oxygen atoms in total. The molecule has 0 radical (unpaired) electrons. The predicted molar refractivity (Wildman–Crippen MR) is 115 cm³/mol. The Bertz CT molecular complexity index is 1160. The van der Waals surface area contributed by atoms with Gasteiger partial charge in [-0.1, -0.05) is 12.1 Å². The van der Waals surface area contributed by atoms with E-state index in [-0.39, 0.29) is 54.9 Å². The van der Waals surface area contributed by atoms with Crippen LogP contribution < -0.4 is 9.47 Å². The maximum atomic E-state index is 12.9. The van der Waals surface area contributed by atoms with E-state index in [2.05, 4.69) is 0 Å². The highest BCUT2D eigenvalue weighted by atomic mass is 32.2. The van der Waals surface area contributed by atoms with Crippen LogP contribution in [0, 0.1) is 11.3 Å². The van der Waals surface area contributed by atoms with E-state index in [9.17, 15) is 23.3 Å². The number of ether oxygens (including phenoxy) is 2. The number of hydrogen-bond acceptors (Lipinski definition) is 7. The maximum Gasteiger partial charge on any atom is 0.260 e. The SMILES string of the molecule is COc1cc(C(C)=O)ccc1OCC(=O)N1CCN(S(=O)(=O)c2ccccc2C#N)CC1. The molecule has 1 aliphatic rings. The first-order valence-corrected chi connectivity index (χ1v) is 11.3. The minimum Gasteiger partial charge on any atom is -0.493 e. The van der Waals surface area contributed by atoms with Crippen molar-refractivity contribution in [2.75, 3.05) is 39.9 Å². The Morgan fingerprint density at radius 3 is 2.38 bits per heavy atom. The fourth-order valence-electron chi connectivity index (χ4n) is 3.34. The molecule has 3 rings (SSSR count). The van der Waals surface area contributed by atoms with Gasteiger partial charge in [-0.25, -0.2) is 8.42 Å². The average molecular weight is 458 g/mol. The van der Waals surface area contributed by atoms with Crippen LogP contribution in [0.1, 0.15) is 22.8 Å². The first-order valence-electron chi connectivity index (χ1n) is 9.86. The fourth-order valence-corrected chi connectivity index (χ4v) is 4.90. The lowest BCUT2D eigenvalue weighted by Gasteiger charge is -2.34. The molecular formula is C22H23N3O6S. The smallest absolute Gasteiger partial charge is 0.260 e. The van der Waals surface area contributed by atoms with Gasteiger partial charge in [0.05, 0.1) is 17.6 Å². The van der Waals surface area contributed by atoms with Crippen molar-refractivity contribution < 1.29 is 27.5 Å². The highest BCUT2D eigenvalue weighted by Gasteiger charge is 2.31. The summed E-state index contributed by atoms with van der Waals surface area (Å²) in [5.74, 6) is 0.269. The Kier molecular flexibility index (Phi) is 7.12. The molecule has 0 saturated carbocycles. The van der Waals surface area contributed by atoms with Gasteiger partial charge in [0, 0.05) is 31.7 Å². The molecule has 0 aromatic heterocycles. The number of nitrogens with zero attached hydrogens (tertiary/aromatic N) is 3. The summed E-state index contributed by atoms with van der Waals surface area (Å²) in [5, 5.41) is 9.20. The number of benzene rings is 2. The summed E-state index contributed by atoms with van der Waals surface area (Å²) in [6, 6.07) is 12.7. The van der Waals surface area contributed by atoms with Gasteiger partial charge in [-0.3, -0.25) is 9.59 Å². The topological polar surface area (TPSA) is 117 Å². The summed E-state index contributed by atoms with van der Waals surface area (Å²) in [7, 11) is -2.39. The van der Waals surface area contributed by atoms with Crippen LogP contribution in [0.2, 0.25) is 0 Å². The molecule has 168 valence electrons. The molecule has 0 N–H and O–H groups in total. The zero-order chi connectivity index (χ0) is 23.3. The molecule has 1 fully saturated rings. The van der Waals surface area contributed by atoms with Gasteiger partial charge in [-0.15, -0.1) is 0 Å². The molecule has 32 heavy (non-hydrogen) atoms. The lowest BCUT2D eigenvalue weighted by Crippen LogP contribution is -2.51. The summed E-state index contributed by atoms with van der Waals surface area (Å²) in [4.78, 5) is 25.6. The van der Waals surface area contributed by atoms with Gasteiger partial charge in [-0.05, 0) is 37.3 Å². The molecule has 2 aromatic rings. The number of Topliss-reactive ketones (excluding diaryl/α,β-unsaturated/α-hetero) is 1. The second-order valence-electron chi connectivity index (χ2n) is 7.10. The molecule has 10 heteroatoms. The van der Waals surface area contributed by atoms with Gasteiger partial charge in [-0.2, -0.15) is 9.57 Å². The number of hydrogen-bond donors (Lipinski definition) is 0. The number of piperazine rings is 1. The number of carbonyl (C=O) groups excluding carboxylic acids is 2. The van der Waals surface area contributed by atoms with Gasteiger partial charge >= 0.3 is 0 Å². The second kappa shape index (κ2) is 9.80. The monoisotopic (exact) mass is 457 g/mol. The number of sulfonamides is 1. The fraction of sp³-hybridized carbons (Fsp3) is 0.318. The zero-order valence-corrected chi connectivity index (χ0v) is 18.6. The van der Waals surface area contributed by atoms with E-state index in [4.69, 9.17) is 9.47 Å². The Labute approximate surface area is 186 Å². The Morgan fingerprint density at radius 1 is 1.06 bits per heavy atom. The third kappa shape index (κ3) is 4.90. The normalized spacial score (nSPS) is 14.5. The lowest BCUT2D eigenvalue weighted by atomic mass is 10.1. The second-order valence-corrected chi connectivity index (χ2v) is 9.01. The number of methoxy groups -OCH3 is 1. The lowest BCUT2D eigenvalue weighted by molar-refractivity contribution is -0.134. The van der Waals surface area contributed by atoms with Crippen LogP contribution in [0.15, 0.2) is 47.4 Å². The molecule has 0 atom stereocenters. The quantitative estimate of drug-likeness (QED) is 0.581. The van der Waals surface area contributed by atoms with Crippen LogP contribution in [0.3, 0.4) is 0 Å². The van der Waals surface area contributed by atoms with Crippen molar-refractivity contribution >= 4 is 21.7 Å². The van der Waals surface area contributed by atoms with E-state index in [0.29, 0.717) is 17.1 Å². The summed E-state index contributed by atoms with van der Waals surface area (Å²) in [5.41, 5.74) is 0.556. The first kappa shape index (κ1) is 23.2. The summed E-state index contributed by atoms with van der Waals surface area (Å²) >= 11 is 0. The Balaban J connectivity index is 1.60. The Hall–Kier alpha value is -3.42. The summed E-state index contributed by atoms with van der Waals surface area (Å²) in [6.07, 6.45) is 0. The molecule has 1 amide bonds. The van der Waals surface area contributed by atoms with Crippen molar-refractivity contribution in [3.63, 3.8) is 0 Å². The number of nitriles is 1. The summed E-state index contributed by atoms with van der Waals surface area (Å²) in [6.45, 7) is 1.83. The van der Waals surface area contributed by atoms with E-state index in [1.807, 2.05) is 6.07 Å². The van der Waals surface area contributed by atoms with Crippen LogP contribution >= 0.6 is 0 Å². The molecule has 0 spiro atoms. The Morgan fingerprint density at radius 2 is 1.75 bits per heavy atom. The van der Waals surface area contributed by atoms with E-state index in [1.165, 1.54) is 35.4 Å². The van der Waals surface area contributed by atoms with E-state index in [0.717, 1.165) is 0 Å². The van der Waals surface area contributed by atoms with Crippen molar-refractivity contribution in [2.45, 2.75) is 11.8 Å². The van der Waals surface area contributed by atoms with E-state index >= 15 is 0 Å². The number of ketones is 1. The van der Waals surface area contributed by atoms with Crippen LogP contribution in [0.4, 0.5) is 0 Å². The molecular weight excluding hydrogens is 434 g/mol. The number of amides is 1. The minimum atomic E-state index is -3.83. The summed E-state index contributed by atoms with van der Waals surface area (Å²) < 4.78 is 37.9. The third-order valence-corrected chi connectivity index (χ3v) is 7.09. The molecule has 0 bridgehead atoms. The number of carbonyl (C=O) groups is 2. The zero-order valence-electron chi connectivity index (χ0n) is 17.8. The van der Waals surface area contributed by atoms with Crippen molar-refractivity contribution in [2.24, 2.45) is 0 Å². The first-order chi connectivity index (χ1) is 15.3. The highest BCUT2D eigenvalue weighted by Crippen LogP contribution is 2.28. The van der Waals surface area contributed by atoms with Gasteiger partial charge in [0.2, 0.25) is 10.0 Å². The molecule has 1 aliphatic heterocycles. The third-order valence-electron chi connectivity index (χ3n) is 5.14. The van der Waals surface area contributed by atoms with Gasteiger partial charge in [0.1, 0.15) is 6.07 Å². The van der Waals surface area contributed by atoms with Crippen LogP contribution in [-0.4, -0.2) is 69.2 Å². The van der Waals surface area contributed by atoms with Gasteiger partial charge in [0.25, 0.3) is 5.91 Å². The standard InChI is InChI=1S/C22H23N3O6S/c1-16(26)17-7-8-19(20(13-17)30-2)31-15-22(27)24-9-11-25(12-10-24)32(28,29)21-6-4-3-5-18(21)14-23/h3-8,13H,9-12,15H2,1-2H3. The molecule has 0 aliphatic carbocycles. The molecule has 1 saturated heterocycles. The van der Waals surface area contributed by atoms with E-state index < -0.39 is 10.0 Å². The number of rotatable bonds is 7. The van der Waals surface area contributed by atoms with Crippen LogP contribution in [0.5, 0.6) is 11.5 Å². The molecule has 0 unspecified atom stereocenters.